The summed E-state index contributed by atoms with van der Waals surface area (Å²) >= 11 is 0.676. The Kier molecular flexibility index (Phi) is 4.59. The summed E-state index contributed by atoms with van der Waals surface area (Å²) in [7, 11) is 0. The first-order valence-electron chi connectivity index (χ1n) is 6.06. The van der Waals surface area contributed by atoms with Gasteiger partial charge >= 0.3 is 5.97 Å². The summed E-state index contributed by atoms with van der Waals surface area (Å²) in [5, 5.41) is 9.73. The molecule has 0 radical (unpaired) electrons. The number of carbonyl (C=O) groups is 4. The molecule has 0 aliphatic carbocycles. The molecule has 7 nitrogen and oxygen atoms in total. The van der Waals surface area contributed by atoms with Crippen molar-refractivity contribution in [2.45, 2.75) is 11.7 Å². The van der Waals surface area contributed by atoms with Crippen LogP contribution < -0.4 is 5.32 Å². The highest BCUT2D eigenvalue weighted by molar-refractivity contribution is 8.15. The first-order chi connectivity index (χ1) is 9.97. The van der Waals surface area contributed by atoms with Crippen LogP contribution in [0.2, 0.25) is 0 Å². The summed E-state index contributed by atoms with van der Waals surface area (Å²) in [5.74, 6) is -2.32. The number of anilines is 1. The molecular weight excluding hydrogens is 296 g/mol. The van der Waals surface area contributed by atoms with Crippen LogP contribution >= 0.6 is 11.8 Å². The number of carboxylic acids is 1. The van der Waals surface area contributed by atoms with Crippen LogP contribution in [-0.4, -0.2) is 44.8 Å². The minimum atomic E-state index is -1.27. The third-order valence-electron chi connectivity index (χ3n) is 2.73. The lowest BCUT2D eigenvalue weighted by molar-refractivity contribution is -0.141. The van der Waals surface area contributed by atoms with Gasteiger partial charge in [0.1, 0.15) is 11.8 Å². The van der Waals surface area contributed by atoms with Gasteiger partial charge in [0.25, 0.3) is 5.24 Å². The quantitative estimate of drug-likeness (QED) is 0.846. The summed E-state index contributed by atoms with van der Waals surface area (Å²) in [5.41, 5.74) is 0.590. The van der Waals surface area contributed by atoms with E-state index in [0.29, 0.717) is 22.3 Å². The van der Waals surface area contributed by atoms with Gasteiger partial charge in [-0.15, -0.1) is 0 Å². The van der Waals surface area contributed by atoms with E-state index in [2.05, 4.69) is 5.32 Å². The predicted octanol–water partition coefficient (Wildman–Crippen LogP) is 1.16. The summed E-state index contributed by atoms with van der Waals surface area (Å²) in [6, 6.07) is 8.70. The van der Waals surface area contributed by atoms with E-state index < -0.39 is 34.8 Å². The van der Waals surface area contributed by atoms with E-state index in [0.717, 1.165) is 0 Å². The molecule has 0 aromatic heterocycles. The SMILES string of the molecule is O=C(O)CN1C(=O)SC(CC(=O)Nc2ccccc2)C1=O. The number of hydrogen-bond donors (Lipinski definition) is 2. The molecule has 8 heteroatoms. The van der Waals surface area contributed by atoms with Crippen molar-refractivity contribution in [3.63, 3.8) is 0 Å². The van der Waals surface area contributed by atoms with Crippen molar-refractivity contribution in [2.24, 2.45) is 0 Å². The van der Waals surface area contributed by atoms with Crippen LogP contribution in [0.25, 0.3) is 0 Å². The van der Waals surface area contributed by atoms with Gasteiger partial charge in [-0.05, 0) is 12.1 Å². The standard InChI is InChI=1S/C13H12N2O5S/c16-10(14-8-4-2-1-3-5-8)6-9-12(19)15(7-11(17)18)13(20)21-9/h1-5,9H,6-7H2,(H,14,16)(H,17,18). The van der Waals surface area contributed by atoms with Gasteiger partial charge in [0.05, 0.1) is 0 Å². The van der Waals surface area contributed by atoms with E-state index in [-0.39, 0.29) is 6.42 Å². The van der Waals surface area contributed by atoms with Crippen LogP contribution in [0.15, 0.2) is 30.3 Å². The third-order valence-corrected chi connectivity index (χ3v) is 3.80. The van der Waals surface area contributed by atoms with Crippen LogP contribution in [-0.2, 0) is 14.4 Å². The number of aliphatic carboxylic acids is 1. The Balaban J connectivity index is 1.94. The molecule has 1 aromatic carbocycles. The van der Waals surface area contributed by atoms with Crippen LogP contribution in [0.3, 0.4) is 0 Å². The zero-order valence-corrected chi connectivity index (χ0v) is 11.6. The van der Waals surface area contributed by atoms with Gasteiger partial charge in [-0.3, -0.25) is 24.1 Å². The zero-order chi connectivity index (χ0) is 15.4. The van der Waals surface area contributed by atoms with Gasteiger partial charge in [0.15, 0.2) is 0 Å². The first kappa shape index (κ1) is 15.0. The fraction of sp³-hybridized carbons (Fsp3) is 0.231. The highest BCUT2D eigenvalue weighted by Gasteiger charge is 2.41. The molecule has 1 atom stereocenters. The lowest BCUT2D eigenvalue weighted by Gasteiger charge is -2.10. The second-order valence-electron chi connectivity index (χ2n) is 4.31. The molecule has 0 saturated carbocycles. The van der Waals surface area contributed by atoms with Crippen molar-refractivity contribution in [1.82, 2.24) is 4.90 Å². The summed E-state index contributed by atoms with van der Waals surface area (Å²) in [4.78, 5) is 46.5. The van der Waals surface area contributed by atoms with Gasteiger partial charge in [-0.1, -0.05) is 30.0 Å². The van der Waals surface area contributed by atoms with Gasteiger partial charge in [0, 0.05) is 12.1 Å². The van der Waals surface area contributed by atoms with E-state index in [4.69, 9.17) is 5.11 Å². The van der Waals surface area contributed by atoms with Gasteiger partial charge in [-0.25, -0.2) is 0 Å². The van der Waals surface area contributed by atoms with Crippen molar-refractivity contribution in [3.05, 3.63) is 30.3 Å². The third kappa shape index (κ3) is 3.82. The molecule has 2 rings (SSSR count). The Morgan fingerprint density at radius 3 is 2.52 bits per heavy atom. The number of rotatable bonds is 5. The van der Waals surface area contributed by atoms with Crippen molar-refractivity contribution < 1.29 is 24.3 Å². The predicted molar refractivity (Wildman–Crippen MR) is 75.8 cm³/mol. The molecule has 1 unspecified atom stereocenters. The second kappa shape index (κ2) is 6.40. The maximum Gasteiger partial charge on any atom is 0.323 e. The van der Waals surface area contributed by atoms with Gasteiger partial charge in [-0.2, -0.15) is 0 Å². The minimum absolute atomic E-state index is 0.180. The number of thioether (sulfide) groups is 1. The Labute approximate surface area is 124 Å². The average molecular weight is 308 g/mol. The van der Waals surface area contributed by atoms with Crippen molar-refractivity contribution in [3.8, 4) is 0 Å². The largest absolute Gasteiger partial charge is 0.480 e. The highest BCUT2D eigenvalue weighted by atomic mass is 32.2. The summed E-state index contributed by atoms with van der Waals surface area (Å²) in [6.07, 6.45) is -0.180. The van der Waals surface area contributed by atoms with Crippen LogP contribution in [0, 0.1) is 0 Å². The number of carbonyl (C=O) groups excluding carboxylic acids is 3. The Morgan fingerprint density at radius 2 is 1.90 bits per heavy atom. The zero-order valence-electron chi connectivity index (χ0n) is 10.8. The van der Waals surface area contributed by atoms with Gasteiger partial charge < -0.3 is 10.4 Å². The van der Waals surface area contributed by atoms with Gasteiger partial charge in [0.2, 0.25) is 11.8 Å². The van der Waals surface area contributed by atoms with E-state index >= 15 is 0 Å². The number of nitrogens with zero attached hydrogens (tertiary/aromatic N) is 1. The first-order valence-corrected chi connectivity index (χ1v) is 6.94. The second-order valence-corrected chi connectivity index (χ2v) is 5.46. The molecule has 1 aliphatic heterocycles. The normalized spacial score (nSPS) is 17.9. The minimum Gasteiger partial charge on any atom is -0.480 e. The molecule has 1 saturated heterocycles. The molecule has 110 valence electrons. The molecular formula is C13H12N2O5S. The molecule has 2 N–H and O–H groups in total. The number of carboxylic acid groups (broad SMARTS) is 1. The smallest absolute Gasteiger partial charge is 0.323 e. The number of imide groups is 1. The molecule has 1 aromatic rings. The topological polar surface area (TPSA) is 104 Å². The maximum absolute atomic E-state index is 11.9. The van der Waals surface area contributed by atoms with E-state index in [1.165, 1.54) is 0 Å². The van der Waals surface area contributed by atoms with Crippen LogP contribution in [0.5, 0.6) is 0 Å². The number of nitrogens with one attached hydrogen (secondary N) is 1. The Hall–Kier alpha value is -2.35. The number of amides is 3. The van der Waals surface area contributed by atoms with Crippen molar-refractivity contribution >= 4 is 40.5 Å². The fourth-order valence-electron chi connectivity index (χ4n) is 1.81. The fourth-order valence-corrected chi connectivity index (χ4v) is 2.80. The molecule has 1 fully saturated rings. The van der Waals surface area contributed by atoms with E-state index in [1.807, 2.05) is 0 Å². The Bertz CT molecular complexity index is 589. The highest BCUT2D eigenvalue weighted by Crippen LogP contribution is 2.29. The number of hydrogen-bond acceptors (Lipinski definition) is 5. The van der Waals surface area contributed by atoms with Crippen molar-refractivity contribution in [1.29, 1.82) is 0 Å². The lowest BCUT2D eigenvalue weighted by Crippen LogP contribution is -2.36. The van der Waals surface area contributed by atoms with Crippen LogP contribution in [0.1, 0.15) is 6.42 Å². The number of para-hydroxylation sites is 1. The summed E-state index contributed by atoms with van der Waals surface area (Å²) in [6.45, 7) is -0.679. The van der Waals surface area contributed by atoms with Crippen LogP contribution in [0.4, 0.5) is 10.5 Å². The average Bonchev–Trinajstić information content (AvgIpc) is 2.67. The molecule has 1 aliphatic rings. The molecule has 0 spiro atoms. The molecule has 1 heterocycles. The number of benzene rings is 1. The molecule has 3 amide bonds. The maximum atomic E-state index is 11.9. The Morgan fingerprint density at radius 1 is 1.24 bits per heavy atom. The monoisotopic (exact) mass is 308 g/mol. The molecule has 21 heavy (non-hydrogen) atoms. The lowest BCUT2D eigenvalue weighted by atomic mass is 10.2. The van der Waals surface area contributed by atoms with Crippen molar-refractivity contribution in [2.75, 3.05) is 11.9 Å². The van der Waals surface area contributed by atoms with E-state index in [9.17, 15) is 19.2 Å². The van der Waals surface area contributed by atoms with E-state index in [1.54, 1.807) is 30.3 Å². The molecule has 0 bridgehead atoms. The summed E-state index contributed by atoms with van der Waals surface area (Å²) < 4.78 is 0.